The van der Waals surface area contributed by atoms with Crippen LogP contribution in [0.5, 0.6) is 0 Å². The Balaban J connectivity index is 2.89. The van der Waals surface area contributed by atoms with E-state index in [1.54, 1.807) is 25.1 Å². The third kappa shape index (κ3) is 2.77. The summed E-state index contributed by atoms with van der Waals surface area (Å²) in [5.74, 6) is 0. The van der Waals surface area contributed by atoms with Crippen LogP contribution in [0.3, 0.4) is 0 Å². The number of nitrogens with one attached hydrogen (secondary N) is 1. The first kappa shape index (κ1) is 10.6. The summed E-state index contributed by atoms with van der Waals surface area (Å²) < 4.78 is 0. The summed E-state index contributed by atoms with van der Waals surface area (Å²) in [5.41, 5.74) is 1.67. The molecule has 1 aromatic carbocycles. The van der Waals surface area contributed by atoms with E-state index < -0.39 is 5.23 Å². The largest absolute Gasteiger partial charge is 0.595 e. The van der Waals surface area contributed by atoms with E-state index in [0.717, 1.165) is 11.8 Å². The van der Waals surface area contributed by atoms with E-state index >= 15 is 0 Å². The zero-order chi connectivity index (χ0) is 10.6. The lowest BCUT2D eigenvalue weighted by Crippen LogP contribution is -2.99. The molecule has 0 saturated heterocycles. The van der Waals surface area contributed by atoms with Crippen LogP contribution in [-0.4, -0.2) is 11.5 Å². The molecule has 4 heteroatoms. The molecule has 0 fully saturated rings. The Hall–Kier alpha value is -1.49. The predicted octanol–water partition coefficient (Wildman–Crippen LogP) is 0.692. The van der Waals surface area contributed by atoms with Crippen LogP contribution in [-0.2, 0) is 4.79 Å². The third-order valence-corrected chi connectivity index (χ3v) is 1.74. The Labute approximate surface area is 81.6 Å². The smallest absolute Gasteiger partial charge is 0.163 e. The van der Waals surface area contributed by atoms with Gasteiger partial charge < -0.3 is 5.21 Å². The molecule has 1 atom stereocenters. The lowest BCUT2D eigenvalue weighted by molar-refractivity contribution is -0.991. The molecule has 0 spiro atoms. The zero-order valence-corrected chi connectivity index (χ0v) is 7.73. The fourth-order valence-electron chi connectivity index (χ4n) is 1.02. The van der Waals surface area contributed by atoms with Gasteiger partial charge in [-0.25, -0.2) is 5.21 Å². The molecule has 0 amide bonds. The van der Waals surface area contributed by atoms with Crippen LogP contribution in [0.25, 0.3) is 6.08 Å². The Morgan fingerprint density at radius 1 is 1.43 bits per heavy atom. The van der Waals surface area contributed by atoms with Crippen molar-refractivity contribution in [3.63, 3.8) is 0 Å². The van der Waals surface area contributed by atoms with Crippen LogP contribution in [0, 0.1) is 5.21 Å². The molecule has 0 bridgehead atoms. The number of aldehydes is 1. The summed E-state index contributed by atoms with van der Waals surface area (Å²) in [7, 11) is 0. The van der Waals surface area contributed by atoms with Crippen molar-refractivity contribution in [2.24, 2.45) is 0 Å². The highest BCUT2D eigenvalue weighted by atomic mass is 16.8. The van der Waals surface area contributed by atoms with E-state index in [1.165, 1.54) is 12.1 Å². The van der Waals surface area contributed by atoms with E-state index in [1.807, 2.05) is 0 Å². The molecular formula is C10H11NO3. The van der Waals surface area contributed by atoms with E-state index in [-0.39, 0.29) is 5.69 Å². The molecule has 0 aromatic heterocycles. The maximum Gasteiger partial charge on any atom is 0.163 e. The fourth-order valence-corrected chi connectivity index (χ4v) is 1.02. The Morgan fingerprint density at radius 2 is 2.00 bits per heavy atom. The highest BCUT2D eigenvalue weighted by molar-refractivity contribution is 5.80. The second-order valence-corrected chi connectivity index (χ2v) is 2.93. The minimum absolute atomic E-state index is 0.242. The van der Waals surface area contributed by atoms with E-state index in [0.29, 0.717) is 5.57 Å². The first-order valence-corrected chi connectivity index (χ1v) is 4.10. The predicted molar refractivity (Wildman–Crippen MR) is 51.9 cm³/mol. The molecule has 0 heterocycles. The zero-order valence-electron chi connectivity index (χ0n) is 7.73. The first-order chi connectivity index (χ1) is 6.63. The number of benzene rings is 1. The molecule has 0 saturated carbocycles. The van der Waals surface area contributed by atoms with E-state index in [4.69, 9.17) is 5.21 Å². The summed E-state index contributed by atoms with van der Waals surface area (Å²) >= 11 is 0. The van der Waals surface area contributed by atoms with Crippen molar-refractivity contribution in [1.29, 1.82) is 0 Å². The Kier molecular flexibility index (Phi) is 3.53. The number of allylic oxidation sites excluding steroid dienone is 1. The van der Waals surface area contributed by atoms with Gasteiger partial charge in [0.2, 0.25) is 0 Å². The minimum atomic E-state index is -0.951. The topological polar surface area (TPSA) is 64.8 Å². The van der Waals surface area contributed by atoms with Gasteiger partial charge in [0, 0.05) is 12.1 Å². The van der Waals surface area contributed by atoms with Gasteiger partial charge in [-0.3, -0.25) is 4.79 Å². The van der Waals surface area contributed by atoms with Gasteiger partial charge in [-0.05, 0) is 36.3 Å². The van der Waals surface area contributed by atoms with Crippen LogP contribution in [0.4, 0.5) is 5.69 Å². The average Bonchev–Trinajstić information content (AvgIpc) is 2.18. The highest BCUT2D eigenvalue weighted by Gasteiger charge is 1.97. The van der Waals surface area contributed by atoms with Crippen LogP contribution in [0.1, 0.15) is 12.5 Å². The average molecular weight is 193 g/mol. The molecule has 14 heavy (non-hydrogen) atoms. The van der Waals surface area contributed by atoms with Crippen molar-refractivity contribution < 1.29 is 15.2 Å². The molecule has 0 aliphatic carbocycles. The number of rotatable bonds is 3. The molecule has 4 nitrogen and oxygen atoms in total. The van der Waals surface area contributed by atoms with Crippen molar-refractivity contribution >= 4 is 18.0 Å². The van der Waals surface area contributed by atoms with Gasteiger partial charge in [-0.1, -0.05) is 0 Å². The van der Waals surface area contributed by atoms with E-state index in [9.17, 15) is 10.0 Å². The van der Waals surface area contributed by atoms with Crippen LogP contribution < -0.4 is 5.23 Å². The highest BCUT2D eigenvalue weighted by Crippen LogP contribution is 2.08. The van der Waals surface area contributed by atoms with E-state index in [2.05, 4.69) is 0 Å². The summed E-state index contributed by atoms with van der Waals surface area (Å²) in [6, 6.07) is 6.34. The third-order valence-electron chi connectivity index (χ3n) is 1.74. The summed E-state index contributed by atoms with van der Waals surface area (Å²) in [6.45, 7) is 1.69. The van der Waals surface area contributed by atoms with Crippen molar-refractivity contribution in [2.45, 2.75) is 6.92 Å². The Bertz CT molecular complexity index is 341. The van der Waals surface area contributed by atoms with Gasteiger partial charge in [-0.15, -0.1) is 0 Å². The summed E-state index contributed by atoms with van der Waals surface area (Å²) in [5, 5.41) is 18.2. The van der Waals surface area contributed by atoms with Gasteiger partial charge in [0.15, 0.2) is 5.69 Å². The maximum absolute atomic E-state index is 10.5. The molecule has 0 radical (unpaired) electrons. The molecule has 2 N–H and O–H groups in total. The van der Waals surface area contributed by atoms with Gasteiger partial charge in [0.05, 0.1) is 0 Å². The van der Waals surface area contributed by atoms with Crippen LogP contribution in [0.2, 0.25) is 0 Å². The number of carbonyl (C=O) groups is 1. The first-order valence-electron chi connectivity index (χ1n) is 4.10. The number of quaternary nitrogens is 1. The SMILES string of the molecule is C/C(C=O)=C\c1ccc([NH+]([O-])O)cc1. The quantitative estimate of drug-likeness (QED) is 0.421. The number of carbonyl (C=O) groups excluding carboxylic acids is 1. The second kappa shape index (κ2) is 4.66. The molecule has 1 unspecified atom stereocenters. The summed E-state index contributed by atoms with van der Waals surface area (Å²) in [6.07, 6.45) is 2.45. The minimum Gasteiger partial charge on any atom is -0.595 e. The molecule has 0 aliphatic heterocycles. The lowest BCUT2D eigenvalue weighted by atomic mass is 10.1. The molecule has 1 aromatic rings. The van der Waals surface area contributed by atoms with Crippen molar-refractivity contribution in [3.8, 4) is 0 Å². The molecule has 0 aliphatic rings. The fraction of sp³-hybridized carbons (Fsp3) is 0.100. The lowest BCUT2D eigenvalue weighted by Gasteiger charge is -2.10. The molecule has 1 rings (SSSR count). The van der Waals surface area contributed by atoms with Crippen molar-refractivity contribution in [3.05, 3.63) is 40.6 Å². The standard InChI is InChI=1S/C10H11NO3/c1-8(7-12)6-9-2-4-10(5-3-9)11(13)14/h2-7,11,13H,1H3/b8-6+. The van der Waals surface area contributed by atoms with Crippen molar-refractivity contribution in [2.75, 3.05) is 0 Å². The van der Waals surface area contributed by atoms with Gasteiger partial charge in [0.25, 0.3) is 0 Å². The van der Waals surface area contributed by atoms with Gasteiger partial charge in [0.1, 0.15) is 6.29 Å². The number of hydrogen-bond donors (Lipinski definition) is 2. The normalized spacial score (nSPS) is 13.8. The summed E-state index contributed by atoms with van der Waals surface area (Å²) in [4.78, 5) is 10.3. The van der Waals surface area contributed by atoms with Crippen LogP contribution in [0.15, 0.2) is 29.8 Å². The maximum atomic E-state index is 10.5. The van der Waals surface area contributed by atoms with Crippen LogP contribution >= 0.6 is 0 Å². The van der Waals surface area contributed by atoms with Gasteiger partial charge in [-0.2, -0.15) is 5.23 Å². The number of hydrogen-bond acceptors (Lipinski definition) is 3. The van der Waals surface area contributed by atoms with Crippen molar-refractivity contribution in [1.82, 2.24) is 0 Å². The monoisotopic (exact) mass is 193 g/mol. The molecular weight excluding hydrogens is 182 g/mol. The second-order valence-electron chi connectivity index (χ2n) is 2.93. The molecule has 74 valence electrons. The Morgan fingerprint density at radius 3 is 2.43 bits per heavy atom. The van der Waals surface area contributed by atoms with Gasteiger partial charge >= 0.3 is 0 Å².